The number of aromatic carboxylic acids is 1. The Morgan fingerprint density at radius 2 is 1.88 bits per heavy atom. The molecule has 4 heteroatoms. The third-order valence-electron chi connectivity index (χ3n) is 5.11. The van der Waals surface area contributed by atoms with Crippen LogP contribution < -0.4 is 0 Å². The van der Waals surface area contributed by atoms with E-state index in [2.05, 4.69) is 4.57 Å². The van der Waals surface area contributed by atoms with Gasteiger partial charge in [0.05, 0.1) is 11.1 Å². The van der Waals surface area contributed by atoms with Crippen LogP contribution in [0.15, 0.2) is 42.5 Å². The maximum Gasteiger partial charge on any atom is 0.337 e. The Morgan fingerprint density at radius 1 is 1.08 bits per heavy atom. The van der Waals surface area contributed by atoms with Crippen LogP contribution in [-0.4, -0.2) is 15.6 Å². The van der Waals surface area contributed by atoms with Gasteiger partial charge in [-0.3, -0.25) is 0 Å². The van der Waals surface area contributed by atoms with Gasteiger partial charge < -0.3 is 9.67 Å². The maximum atomic E-state index is 13.6. The number of hydrogen-bond acceptors (Lipinski definition) is 1. The zero-order chi connectivity index (χ0) is 17.4. The molecule has 1 N–H and O–H groups in total. The summed E-state index contributed by atoms with van der Waals surface area (Å²) < 4.78 is 15.7. The summed E-state index contributed by atoms with van der Waals surface area (Å²) in [7, 11) is 0. The molecule has 0 saturated carbocycles. The van der Waals surface area contributed by atoms with Gasteiger partial charge in [0.1, 0.15) is 5.82 Å². The second-order valence-electron chi connectivity index (χ2n) is 6.71. The number of para-hydroxylation sites is 1. The molecular formula is C21H20FNO2. The van der Waals surface area contributed by atoms with Gasteiger partial charge in [-0.15, -0.1) is 0 Å². The molecule has 0 fully saturated rings. The minimum absolute atomic E-state index is 0.265. The van der Waals surface area contributed by atoms with Crippen molar-refractivity contribution in [3.05, 3.63) is 70.7 Å². The molecule has 1 aromatic heterocycles. The predicted octanol–water partition coefficient (Wildman–Crippen LogP) is 4.80. The van der Waals surface area contributed by atoms with Crippen LogP contribution in [0.1, 0.15) is 46.4 Å². The lowest BCUT2D eigenvalue weighted by Gasteiger charge is -2.12. The molecule has 1 heterocycles. The van der Waals surface area contributed by atoms with Crippen molar-refractivity contribution in [1.82, 2.24) is 4.57 Å². The van der Waals surface area contributed by atoms with Crippen LogP contribution in [0.25, 0.3) is 10.9 Å². The van der Waals surface area contributed by atoms with E-state index in [4.69, 9.17) is 0 Å². The van der Waals surface area contributed by atoms with Gasteiger partial charge in [-0.25, -0.2) is 9.18 Å². The molecule has 1 aliphatic rings. The Kier molecular flexibility index (Phi) is 4.04. The highest BCUT2D eigenvalue weighted by Gasteiger charge is 2.22. The van der Waals surface area contributed by atoms with Crippen LogP contribution in [0, 0.1) is 5.82 Å². The molecule has 0 aliphatic heterocycles. The monoisotopic (exact) mass is 337 g/mol. The topological polar surface area (TPSA) is 42.2 Å². The molecule has 0 unspecified atom stereocenters. The third-order valence-corrected chi connectivity index (χ3v) is 5.11. The van der Waals surface area contributed by atoms with E-state index in [9.17, 15) is 14.3 Å². The van der Waals surface area contributed by atoms with Gasteiger partial charge in [0.15, 0.2) is 0 Å². The molecule has 4 rings (SSSR count). The average molecular weight is 337 g/mol. The standard InChI is InChI=1S/C21H20FNO2/c22-15-7-4-6-14(12-15)13-23-19-11-3-1-2-8-16(19)17-9-5-10-18(20(17)23)21(24)25/h4-7,9-10,12H,1-3,8,11,13H2,(H,24,25). The highest BCUT2D eigenvalue weighted by Crippen LogP contribution is 2.34. The van der Waals surface area contributed by atoms with Crippen molar-refractivity contribution in [3.63, 3.8) is 0 Å². The molecule has 1 aliphatic carbocycles. The first kappa shape index (κ1) is 15.9. The van der Waals surface area contributed by atoms with Gasteiger partial charge in [0.2, 0.25) is 0 Å². The summed E-state index contributed by atoms with van der Waals surface area (Å²) in [5, 5.41) is 10.7. The number of nitrogens with zero attached hydrogens (tertiary/aromatic N) is 1. The van der Waals surface area contributed by atoms with Gasteiger partial charge in [-0.1, -0.05) is 30.7 Å². The van der Waals surface area contributed by atoms with Crippen molar-refractivity contribution >= 4 is 16.9 Å². The minimum atomic E-state index is -0.918. The van der Waals surface area contributed by atoms with Crippen LogP contribution in [-0.2, 0) is 19.4 Å². The number of halogens is 1. The summed E-state index contributed by atoms with van der Waals surface area (Å²) in [6, 6.07) is 12.1. The second kappa shape index (κ2) is 6.36. The lowest BCUT2D eigenvalue weighted by Crippen LogP contribution is -2.08. The van der Waals surface area contributed by atoms with Gasteiger partial charge in [0, 0.05) is 17.6 Å². The fraction of sp³-hybridized carbons (Fsp3) is 0.286. The number of carboxylic acid groups (broad SMARTS) is 1. The summed E-state index contributed by atoms with van der Waals surface area (Å²) in [6.45, 7) is 0.494. The molecule has 0 atom stereocenters. The highest BCUT2D eigenvalue weighted by atomic mass is 19.1. The van der Waals surface area contributed by atoms with E-state index in [0.29, 0.717) is 12.1 Å². The Hall–Kier alpha value is -2.62. The van der Waals surface area contributed by atoms with E-state index in [1.165, 1.54) is 29.8 Å². The third kappa shape index (κ3) is 2.82. The minimum Gasteiger partial charge on any atom is -0.478 e. The Morgan fingerprint density at radius 3 is 2.68 bits per heavy atom. The van der Waals surface area contributed by atoms with E-state index in [0.717, 1.165) is 42.1 Å². The summed E-state index contributed by atoms with van der Waals surface area (Å²) in [5.74, 6) is -1.18. The van der Waals surface area contributed by atoms with Gasteiger partial charge in [-0.2, -0.15) is 0 Å². The smallest absolute Gasteiger partial charge is 0.337 e. The number of aromatic nitrogens is 1. The van der Waals surface area contributed by atoms with Crippen molar-refractivity contribution in [1.29, 1.82) is 0 Å². The molecule has 2 aromatic carbocycles. The number of aryl methyl sites for hydroxylation is 1. The first-order valence-corrected chi connectivity index (χ1v) is 8.76. The van der Waals surface area contributed by atoms with Crippen LogP contribution in [0.4, 0.5) is 4.39 Å². The number of carbonyl (C=O) groups is 1. The second-order valence-corrected chi connectivity index (χ2v) is 6.71. The average Bonchev–Trinajstić information content (AvgIpc) is 2.75. The van der Waals surface area contributed by atoms with Crippen molar-refractivity contribution in [2.75, 3.05) is 0 Å². The molecule has 25 heavy (non-hydrogen) atoms. The fourth-order valence-electron chi connectivity index (χ4n) is 4.03. The van der Waals surface area contributed by atoms with Crippen LogP contribution in [0.3, 0.4) is 0 Å². The number of rotatable bonds is 3. The number of carboxylic acids is 1. The van der Waals surface area contributed by atoms with Gasteiger partial charge in [-0.05, 0) is 55.0 Å². The molecule has 0 radical (unpaired) electrons. The lowest BCUT2D eigenvalue weighted by molar-refractivity contribution is 0.0698. The SMILES string of the molecule is O=C(O)c1cccc2c3c(n(Cc4cccc(F)c4)c12)CCCCC3. The van der Waals surface area contributed by atoms with Crippen molar-refractivity contribution in [2.45, 2.75) is 38.6 Å². The van der Waals surface area contributed by atoms with Gasteiger partial charge in [0.25, 0.3) is 0 Å². The Bertz CT molecular complexity index is 958. The largest absolute Gasteiger partial charge is 0.478 e. The molecule has 3 aromatic rings. The van der Waals surface area contributed by atoms with E-state index in [1.54, 1.807) is 12.1 Å². The quantitative estimate of drug-likeness (QED) is 0.698. The van der Waals surface area contributed by atoms with Crippen molar-refractivity contribution < 1.29 is 14.3 Å². The molecule has 0 spiro atoms. The number of benzene rings is 2. The number of fused-ring (bicyclic) bond motifs is 3. The predicted molar refractivity (Wildman–Crippen MR) is 95.7 cm³/mol. The van der Waals surface area contributed by atoms with Gasteiger partial charge >= 0.3 is 5.97 Å². The molecule has 0 saturated heterocycles. The van der Waals surface area contributed by atoms with E-state index >= 15 is 0 Å². The fourth-order valence-corrected chi connectivity index (χ4v) is 4.03. The zero-order valence-electron chi connectivity index (χ0n) is 14.0. The molecule has 3 nitrogen and oxygen atoms in total. The summed E-state index contributed by atoms with van der Waals surface area (Å²) >= 11 is 0. The zero-order valence-corrected chi connectivity index (χ0v) is 14.0. The lowest BCUT2D eigenvalue weighted by atomic mass is 10.0. The maximum absolute atomic E-state index is 13.6. The summed E-state index contributed by atoms with van der Waals surface area (Å²) in [4.78, 5) is 11.8. The van der Waals surface area contributed by atoms with E-state index < -0.39 is 5.97 Å². The van der Waals surface area contributed by atoms with Crippen LogP contribution in [0.5, 0.6) is 0 Å². The Labute approximate surface area is 145 Å². The van der Waals surface area contributed by atoms with E-state index in [-0.39, 0.29) is 5.82 Å². The molecule has 128 valence electrons. The molecule has 0 amide bonds. The molecular weight excluding hydrogens is 317 g/mol. The van der Waals surface area contributed by atoms with Crippen LogP contribution in [0.2, 0.25) is 0 Å². The first-order chi connectivity index (χ1) is 12.1. The van der Waals surface area contributed by atoms with E-state index in [1.807, 2.05) is 18.2 Å². The van der Waals surface area contributed by atoms with Crippen LogP contribution >= 0.6 is 0 Å². The first-order valence-electron chi connectivity index (χ1n) is 8.76. The Balaban J connectivity index is 1.97. The normalized spacial score (nSPS) is 14.3. The van der Waals surface area contributed by atoms with Crippen molar-refractivity contribution in [3.8, 4) is 0 Å². The molecule has 0 bridgehead atoms. The summed E-state index contributed by atoms with van der Waals surface area (Å²) in [6.07, 6.45) is 5.34. The number of hydrogen-bond donors (Lipinski definition) is 1. The summed E-state index contributed by atoms with van der Waals surface area (Å²) in [5.41, 5.74) is 4.43. The van der Waals surface area contributed by atoms with Crippen molar-refractivity contribution in [2.24, 2.45) is 0 Å². The highest BCUT2D eigenvalue weighted by molar-refractivity contribution is 6.04.